The highest BCUT2D eigenvalue weighted by molar-refractivity contribution is 5.93. The van der Waals surface area contributed by atoms with Gasteiger partial charge in [-0.1, -0.05) is 0 Å². The van der Waals surface area contributed by atoms with Gasteiger partial charge in [-0.25, -0.2) is 0 Å². The Bertz CT molecular complexity index is 952. The summed E-state index contributed by atoms with van der Waals surface area (Å²) >= 11 is 0. The summed E-state index contributed by atoms with van der Waals surface area (Å²) < 4.78 is 5.26. The Kier molecular flexibility index (Phi) is 4.56. The van der Waals surface area contributed by atoms with E-state index in [-0.39, 0.29) is 5.69 Å². The molecule has 3 aromatic rings. The monoisotopic (exact) mass is 336 g/mol. The number of anilines is 1. The predicted octanol–water partition coefficient (Wildman–Crippen LogP) is 3.91. The van der Waals surface area contributed by atoms with Gasteiger partial charge in [-0.15, -0.1) is 0 Å². The smallest absolute Gasteiger partial charge is 0.269 e. The van der Waals surface area contributed by atoms with Crippen LogP contribution < -0.4 is 10.2 Å². The third-order valence-corrected chi connectivity index (χ3v) is 3.65. The van der Waals surface area contributed by atoms with E-state index in [4.69, 9.17) is 4.74 Å². The van der Waals surface area contributed by atoms with E-state index >= 15 is 0 Å². The largest absolute Gasteiger partial charge is 0.497 e. The minimum atomic E-state index is -0.432. The molecule has 0 unspecified atom stereocenters. The molecule has 1 N–H and O–H groups in total. The third-order valence-electron chi connectivity index (χ3n) is 3.65. The number of hydrogen-bond acceptors (Lipinski definition) is 6. The van der Waals surface area contributed by atoms with Crippen molar-refractivity contribution in [1.29, 1.82) is 0 Å². The summed E-state index contributed by atoms with van der Waals surface area (Å²) in [5.41, 5.74) is 6.32. The number of nitrogens with zero attached hydrogens (tertiary/aromatic N) is 3. The van der Waals surface area contributed by atoms with Crippen molar-refractivity contribution < 1.29 is 9.66 Å². The summed E-state index contributed by atoms with van der Waals surface area (Å²) in [6.07, 6.45) is 1.60. The number of nitro benzene ring substituents is 1. The Balaban J connectivity index is 1.85. The van der Waals surface area contributed by atoms with Crippen LogP contribution in [0.4, 0.5) is 11.4 Å². The molecule has 0 saturated heterocycles. The van der Waals surface area contributed by atoms with Crippen molar-refractivity contribution in [3.63, 3.8) is 0 Å². The van der Waals surface area contributed by atoms with Gasteiger partial charge in [0.25, 0.3) is 5.69 Å². The van der Waals surface area contributed by atoms with Gasteiger partial charge in [-0.2, -0.15) is 5.10 Å². The molecule has 0 aliphatic rings. The molecule has 0 atom stereocenters. The molecular weight excluding hydrogens is 320 g/mol. The fourth-order valence-corrected chi connectivity index (χ4v) is 2.42. The lowest BCUT2D eigenvalue weighted by atomic mass is 10.1. The maximum absolute atomic E-state index is 10.7. The molecule has 0 fully saturated rings. The van der Waals surface area contributed by atoms with Gasteiger partial charge in [-0.05, 0) is 48.9 Å². The summed E-state index contributed by atoms with van der Waals surface area (Å²) in [7, 11) is 1.61. The van der Waals surface area contributed by atoms with Gasteiger partial charge in [0.15, 0.2) is 0 Å². The van der Waals surface area contributed by atoms with E-state index in [1.165, 1.54) is 12.1 Å². The van der Waals surface area contributed by atoms with Gasteiger partial charge >= 0.3 is 0 Å². The van der Waals surface area contributed by atoms with E-state index in [1.54, 1.807) is 25.5 Å². The van der Waals surface area contributed by atoms with E-state index in [0.29, 0.717) is 0 Å². The highest BCUT2D eigenvalue weighted by atomic mass is 16.6. The lowest BCUT2D eigenvalue weighted by Gasteiger charge is -2.08. The van der Waals surface area contributed by atoms with E-state index < -0.39 is 4.92 Å². The molecule has 25 heavy (non-hydrogen) atoms. The predicted molar refractivity (Wildman–Crippen MR) is 97.3 cm³/mol. The molecule has 7 heteroatoms. The van der Waals surface area contributed by atoms with Crippen molar-refractivity contribution in [3.8, 4) is 5.75 Å². The number of benzene rings is 2. The van der Waals surface area contributed by atoms with Crippen LogP contribution in [-0.2, 0) is 0 Å². The number of nitrogens with one attached hydrogen (secondary N) is 1. The van der Waals surface area contributed by atoms with Gasteiger partial charge in [-0.3, -0.25) is 20.5 Å². The lowest BCUT2D eigenvalue weighted by Crippen LogP contribution is -1.95. The van der Waals surface area contributed by atoms with Crippen molar-refractivity contribution >= 4 is 28.5 Å². The summed E-state index contributed by atoms with van der Waals surface area (Å²) in [6, 6.07) is 13.7. The van der Waals surface area contributed by atoms with Gasteiger partial charge in [0, 0.05) is 23.2 Å². The fourth-order valence-electron chi connectivity index (χ4n) is 2.42. The normalized spacial score (nSPS) is 11.0. The number of hydrogen-bond donors (Lipinski definition) is 1. The van der Waals surface area contributed by atoms with Crippen LogP contribution in [0, 0.1) is 17.0 Å². The highest BCUT2D eigenvalue weighted by Gasteiger charge is 2.06. The molecule has 1 aromatic heterocycles. The molecular formula is C18H16N4O3. The zero-order valence-electron chi connectivity index (χ0n) is 13.8. The standard InChI is InChI=1S/C18H16N4O3/c1-12-9-18(16-10-15(25-2)7-8-17(16)20-12)21-19-11-13-3-5-14(6-4-13)22(23)24/h3-11H,1-2H3,(H,20,21)/b19-11+. The number of non-ortho nitro benzene ring substituents is 1. The van der Waals surface area contributed by atoms with E-state index in [9.17, 15) is 10.1 Å². The van der Waals surface area contributed by atoms with Crippen molar-refractivity contribution in [1.82, 2.24) is 4.98 Å². The lowest BCUT2D eigenvalue weighted by molar-refractivity contribution is -0.384. The van der Waals surface area contributed by atoms with Crippen LogP contribution in [0.5, 0.6) is 5.75 Å². The van der Waals surface area contributed by atoms with Crippen molar-refractivity contribution in [2.24, 2.45) is 5.10 Å². The minimum Gasteiger partial charge on any atom is -0.497 e. The van der Waals surface area contributed by atoms with Crippen LogP contribution in [0.15, 0.2) is 53.6 Å². The first-order chi connectivity index (χ1) is 12.1. The zero-order valence-corrected chi connectivity index (χ0v) is 13.8. The van der Waals surface area contributed by atoms with Crippen LogP contribution in [0.3, 0.4) is 0 Å². The summed E-state index contributed by atoms with van der Waals surface area (Å²) in [5, 5.41) is 15.8. The second kappa shape index (κ2) is 6.96. The second-order valence-corrected chi connectivity index (χ2v) is 5.41. The molecule has 0 saturated carbocycles. The minimum absolute atomic E-state index is 0.0490. The topological polar surface area (TPSA) is 89.7 Å². The fraction of sp³-hybridized carbons (Fsp3) is 0.111. The number of rotatable bonds is 5. The molecule has 0 bridgehead atoms. The SMILES string of the molecule is COc1ccc2nc(C)cc(N/N=C/c3ccc([N+](=O)[O-])cc3)c2c1. The maximum atomic E-state index is 10.7. The Morgan fingerprint density at radius 3 is 2.64 bits per heavy atom. The first-order valence-electron chi connectivity index (χ1n) is 7.56. The molecule has 1 heterocycles. The van der Waals surface area contributed by atoms with E-state index in [0.717, 1.165) is 33.6 Å². The first-order valence-corrected chi connectivity index (χ1v) is 7.56. The van der Waals surface area contributed by atoms with Crippen LogP contribution in [-0.4, -0.2) is 23.2 Å². The highest BCUT2D eigenvalue weighted by Crippen LogP contribution is 2.27. The maximum Gasteiger partial charge on any atom is 0.269 e. The van der Waals surface area contributed by atoms with Crippen LogP contribution in [0.1, 0.15) is 11.3 Å². The quantitative estimate of drug-likeness (QED) is 0.433. The molecule has 0 amide bonds. The number of ether oxygens (including phenoxy) is 1. The average molecular weight is 336 g/mol. The summed E-state index contributed by atoms with van der Waals surface area (Å²) in [6.45, 7) is 1.91. The van der Waals surface area contributed by atoms with Crippen molar-refractivity contribution in [3.05, 3.63) is 69.9 Å². The van der Waals surface area contributed by atoms with E-state index in [2.05, 4.69) is 15.5 Å². The van der Waals surface area contributed by atoms with Gasteiger partial charge < -0.3 is 4.74 Å². The first kappa shape index (κ1) is 16.4. The van der Waals surface area contributed by atoms with Crippen LogP contribution in [0.25, 0.3) is 10.9 Å². The van der Waals surface area contributed by atoms with Crippen molar-refractivity contribution in [2.75, 3.05) is 12.5 Å². The number of nitro groups is 1. The Morgan fingerprint density at radius 1 is 1.20 bits per heavy atom. The molecule has 0 aliphatic carbocycles. The number of pyridine rings is 1. The van der Waals surface area contributed by atoms with E-state index in [1.807, 2.05) is 31.2 Å². The Labute approximate surface area is 144 Å². The van der Waals surface area contributed by atoms with Gasteiger partial charge in [0.05, 0.1) is 29.5 Å². The molecule has 7 nitrogen and oxygen atoms in total. The zero-order chi connectivity index (χ0) is 17.8. The number of methoxy groups -OCH3 is 1. The molecule has 126 valence electrons. The van der Waals surface area contributed by atoms with Gasteiger partial charge in [0.2, 0.25) is 0 Å². The number of aryl methyl sites for hydroxylation is 1. The molecule has 0 aliphatic heterocycles. The Hall–Kier alpha value is -3.48. The second-order valence-electron chi connectivity index (χ2n) is 5.41. The summed E-state index contributed by atoms with van der Waals surface area (Å²) in [5.74, 6) is 0.737. The Morgan fingerprint density at radius 2 is 1.96 bits per heavy atom. The molecule has 2 aromatic carbocycles. The molecule has 3 rings (SSSR count). The van der Waals surface area contributed by atoms with Gasteiger partial charge in [0.1, 0.15) is 5.75 Å². The number of aromatic nitrogens is 1. The van der Waals surface area contributed by atoms with Crippen LogP contribution >= 0.6 is 0 Å². The van der Waals surface area contributed by atoms with Crippen molar-refractivity contribution in [2.45, 2.75) is 6.92 Å². The summed E-state index contributed by atoms with van der Waals surface area (Å²) in [4.78, 5) is 14.7. The molecule has 0 spiro atoms. The van der Waals surface area contributed by atoms with Crippen LogP contribution in [0.2, 0.25) is 0 Å². The average Bonchev–Trinajstić information content (AvgIpc) is 2.61. The number of hydrazone groups is 1. The molecule has 0 radical (unpaired) electrons. The number of fused-ring (bicyclic) bond motifs is 1. The third kappa shape index (κ3) is 3.72.